The third-order valence-electron chi connectivity index (χ3n) is 2.94. The Morgan fingerprint density at radius 3 is 3.00 bits per heavy atom. The Kier molecular flexibility index (Phi) is 2.82. The van der Waals surface area contributed by atoms with Crippen molar-refractivity contribution in [3.63, 3.8) is 0 Å². The Bertz CT molecular complexity index is 311. The van der Waals surface area contributed by atoms with Crippen LogP contribution in [0.5, 0.6) is 0 Å². The number of nitrogens with zero attached hydrogens (tertiary/aromatic N) is 1. The molecule has 1 aliphatic heterocycles. The molecular formula is C12H16FN. The first kappa shape index (κ1) is 9.66. The number of hydrogen-bond donors (Lipinski definition) is 0. The lowest BCUT2D eigenvalue weighted by atomic mass is 9.91. The Labute approximate surface area is 84.5 Å². The molecule has 0 saturated carbocycles. The highest BCUT2D eigenvalue weighted by Crippen LogP contribution is 2.26. The molecule has 0 aliphatic carbocycles. The van der Waals surface area contributed by atoms with E-state index in [1.807, 2.05) is 6.07 Å². The van der Waals surface area contributed by atoms with Gasteiger partial charge in [-0.3, -0.25) is 0 Å². The highest BCUT2D eigenvalue weighted by atomic mass is 19.1. The van der Waals surface area contributed by atoms with Gasteiger partial charge in [-0.15, -0.1) is 0 Å². The van der Waals surface area contributed by atoms with E-state index in [1.165, 1.54) is 25.5 Å². The second kappa shape index (κ2) is 4.09. The lowest BCUT2D eigenvalue weighted by Crippen LogP contribution is -2.30. The molecule has 2 heteroatoms. The molecule has 1 nitrogen and oxygen atoms in total. The van der Waals surface area contributed by atoms with E-state index in [2.05, 4.69) is 11.9 Å². The van der Waals surface area contributed by atoms with Gasteiger partial charge >= 0.3 is 0 Å². The minimum absolute atomic E-state index is 0.115. The zero-order valence-electron chi connectivity index (χ0n) is 8.54. The first-order valence-corrected chi connectivity index (χ1v) is 5.20. The molecule has 1 aromatic carbocycles. The largest absolute Gasteiger partial charge is 0.306 e. The lowest BCUT2D eigenvalue weighted by molar-refractivity contribution is 0.250. The number of likely N-dealkylation sites (N-methyl/N-ethyl adjacent to an activating group) is 1. The van der Waals surface area contributed by atoms with Gasteiger partial charge in [0.25, 0.3) is 0 Å². The summed E-state index contributed by atoms with van der Waals surface area (Å²) in [6.07, 6.45) is 2.41. The number of piperidine rings is 1. The standard InChI is InChI=1S/C12H16FN/c1-14-7-3-5-11(9-14)10-4-2-6-12(13)8-10/h2,4,6,8,11H,3,5,7,9H2,1H3. The van der Waals surface area contributed by atoms with Crippen molar-refractivity contribution in [2.45, 2.75) is 18.8 Å². The molecule has 0 aromatic heterocycles. The summed E-state index contributed by atoms with van der Waals surface area (Å²) in [4.78, 5) is 2.32. The van der Waals surface area contributed by atoms with Gasteiger partial charge in [-0.1, -0.05) is 12.1 Å². The monoisotopic (exact) mass is 193 g/mol. The number of rotatable bonds is 1. The zero-order chi connectivity index (χ0) is 9.97. The fraction of sp³-hybridized carbons (Fsp3) is 0.500. The summed E-state index contributed by atoms with van der Waals surface area (Å²) in [6, 6.07) is 7.02. The van der Waals surface area contributed by atoms with E-state index in [4.69, 9.17) is 0 Å². The Morgan fingerprint density at radius 2 is 2.29 bits per heavy atom. The summed E-state index contributed by atoms with van der Waals surface area (Å²) in [5, 5.41) is 0. The van der Waals surface area contributed by atoms with Gasteiger partial charge in [0.2, 0.25) is 0 Å². The molecule has 1 atom stereocenters. The molecule has 1 heterocycles. The quantitative estimate of drug-likeness (QED) is 0.662. The maximum Gasteiger partial charge on any atom is 0.123 e. The summed E-state index contributed by atoms with van der Waals surface area (Å²) < 4.78 is 13.0. The molecule has 0 N–H and O–H groups in total. The van der Waals surface area contributed by atoms with Crippen molar-refractivity contribution in [3.8, 4) is 0 Å². The molecule has 0 spiro atoms. The molecule has 0 amide bonds. The molecule has 1 aliphatic rings. The predicted octanol–water partition coefficient (Wildman–Crippen LogP) is 2.63. The van der Waals surface area contributed by atoms with Crippen molar-refractivity contribution < 1.29 is 4.39 Å². The lowest BCUT2D eigenvalue weighted by Gasteiger charge is -2.29. The van der Waals surface area contributed by atoms with E-state index in [-0.39, 0.29) is 5.82 Å². The highest BCUT2D eigenvalue weighted by Gasteiger charge is 2.18. The second-order valence-corrected chi connectivity index (χ2v) is 4.16. The van der Waals surface area contributed by atoms with Crippen molar-refractivity contribution in [2.24, 2.45) is 0 Å². The second-order valence-electron chi connectivity index (χ2n) is 4.16. The average Bonchev–Trinajstić information content (AvgIpc) is 2.18. The van der Waals surface area contributed by atoms with Crippen LogP contribution in [0.2, 0.25) is 0 Å². The van der Waals surface area contributed by atoms with Crippen LogP contribution in [0.1, 0.15) is 24.3 Å². The van der Waals surface area contributed by atoms with Gasteiger partial charge < -0.3 is 4.90 Å². The van der Waals surface area contributed by atoms with Crippen molar-refractivity contribution in [1.29, 1.82) is 0 Å². The van der Waals surface area contributed by atoms with Crippen LogP contribution < -0.4 is 0 Å². The van der Waals surface area contributed by atoms with E-state index < -0.39 is 0 Å². The molecule has 0 bridgehead atoms. The van der Waals surface area contributed by atoms with Gasteiger partial charge in [0, 0.05) is 6.54 Å². The number of benzene rings is 1. The molecule has 1 unspecified atom stereocenters. The van der Waals surface area contributed by atoms with Crippen LogP contribution in [0, 0.1) is 5.82 Å². The fourth-order valence-corrected chi connectivity index (χ4v) is 2.20. The Balaban J connectivity index is 2.14. The van der Waals surface area contributed by atoms with Crippen molar-refractivity contribution in [1.82, 2.24) is 4.90 Å². The average molecular weight is 193 g/mol. The topological polar surface area (TPSA) is 3.24 Å². The van der Waals surface area contributed by atoms with Crippen molar-refractivity contribution >= 4 is 0 Å². The van der Waals surface area contributed by atoms with E-state index >= 15 is 0 Å². The van der Waals surface area contributed by atoms with Gasteiger partial charge in [-0.05, 0) is 50.0 Å². The summed E-state index contributed by atoms with van der Waals surface area (Å²) in [6.45, 7) is 2.23. The van der Waals surface area contributed by atoms with Crippen LogP contribution in [0.3, 0.4) is 0 Å². The smallest absolute Gasteiger partial charge is 0.123 e. The molecule has 1 saturated heterocycles. The van der Waals surface area contributed by atoms with Gasteiger partial charge in [0.15, 0.2) is 0 Å². The first-order chi connectivity index (χ1) is 6.75. The van der Waals surface area contributed by atoms with E-state index in [9.17, 15) is 4.39 Å². The third-order valence-corrected chi connectivity index (χ3v) is 2.94. The van der Waals surface area contributed by atoms with Crippen LogP contribution >= 0.6 is 0 Å². The molecule has 76 valence electrons. The van der Waals surface area contributed by atoms with Crippen LogP contribution in [-0.4, -0.2) is 25.0 Å². The number of halogens is 1. The fourth-order valence-electron chi connectivity index (χ4n) is 2.20. The van der Waals surface area contributed by atoms with Crippen LogP contribution in [0.25, 0.3) is 0 Å². The SMILES string of the molecule is CN1CCCC(c2cccc(F)c2)C1. The first-order valence-electron chi connectivity index (χ1n) is 5.20. The van der Waals surface area contributed by atoms with Gasteiger partial charge in [-0.2, -0.15) is 0 Å². The summed E-state index contributed by atoms with van der Waals surface area (Å²) in [7, 11) is 2.13. The minimum Gasteiger partial charge on any atom is -0.306 e. The van der Waals surface area contributed by atoms with Gasteiger partial charge in [-0.25, -0.2) is 4.39 Å². The summed E-state index contributed by atoms with van der Waals surface area (Å²) in [5.41, 5.74) is 1.15. The van der Waals surface area contributed by atoms with Crippen LogP contribution in [-0.2, 0) is 0 Å². The van der Waals surface area contributed by atoms with Crippen molar-refractivity contribution in [3.05, 3.63) is 35.6 Å². The minimum atomic E-state index is -0.115. The van der Waals surface area contributed by atoms with E-state index in [1.54, 1.807) is 12.1 Å². The summed E-state index contributed by atoms with van der Waals surface area (Å²) in [5.74, 6) is 0.403. The highest BCUT2D eigenvalue weighted by molar-refractivity contribution is 5.21. The molecular weight excluding hydrogens is 177 g/mol. The van der Waals surface area contributed by atoms with Gasteiger partial charge in [0.05, 0.1) is 0 Å². The van der Waals surface area contributed by atoms with Crippen LogP contribution in [0.15, 0.2) is 24.3 Å². The maximum atomic E-state index is 13.0. The molecule has 0 radical (unpaired) electrons. The Hall–Kier alpha value is -0.890. The predicted molar refractivity (Wildman–Crippen MR) is 55.9 cm³/mol. The van der Waals surface area contributed by atoms with Crippen LogP contribution in [0.4, 0.5) is 4.39 Å². The van der Waals surface area contributed by atoms with E-state index in [0.29, 0.717) is 5.92 Å². The number of likely N-dealkylation sites (tertiary alicyclic amines) is 1. The molecule has 2 rings (SSSR count). The molecule has 14 heavy (non-hydrogen) atoms. The zero-order valence-corrected chi connectivity index (χ0v) is 8.54. The Morgan fingerprint density at radius 1 is 1.43 bits per heavy atom. The summed E-state index contributed by atoms with van der Waals surface area (Å²) >= 11 is 0. The van der Waals surface area contributed by atoms with Crippen molar-refractivity contribution in [2.75, 3.05) is 20.1 Å². The molecule has 1 fully saturated rings. The van der Waals surface area contributed by atoms with Gasteiger partial charge in [0.1, 0.15) is 5.82 Å². The van der Waals surface area contributed by atoms with E-state index in [0.717, 1.165) is 12.1 Å². The molecule has 1 aromatic rings. The third kappa shape index (κ3) is 2.13. The normalized spacial score (nSPS) is 23.7. The maximum absolute atomic E-state index is 13.0. The number of hydrogen-bond acceptors (Lipinski definition) is 1.